The smallest absolute Gasteiger partial charge is 0.255 e. The SMILES string of the molecule is CCCOc1ccc(CNC(=O)c2cnn(Cc3ccccc3)c2C)cc1. The summed E-state index contributed by atoms with van der Waals surface area (Å²) < 4.78 is 7.43. The largest absolute Gasteiger partial charge is 0.494 e. The molecule has 1 aromatic heterocycles. The topological polar surface area (TPSA) is 56.1 Å². The quantitative estimate of drug-likeness (QED) is 0.659. The number of aromatic nitrogens is 2. The van der Waals surface area contributed by atoms with Crippen LogP contribution in [0.25, 0.3) is 0 Å². The molecule has 1 heterocycles. The number of nitrogens with zero attached hydrogens (tertiary/aromatic N) is 2. The van der Waals surface area contributed by atoms with Gasteiger partial charge >= 0.3 is 0 Å². The molecule has 0 saturated carbocycles. The van der Waals surface area contributed by atoms with Crippen molar-refractivity contribution in [3.05, 3.63) is 83.2 Å². The molecule has 0 radical (unpaired) electrons. The Bertz CT molecular complexity index is 870. The molecule has 0 saturated heterocycles. The molecule has 0 atom stereocenters. The highest BCUT2D eigenvalue weighted by atomic mass is 16.5. The molecular weight excluding hydrogens is 338 g/mol. The van der Waals surface area contributed by atoms with Gasteiger partial charge in [0.2, 0.25) is 0 Å². The Kier molecular flexibility index (Phi) is 6.26. The first-order valence-electron chi connectivity index (χ1n) is 9.23. The average molecular weight is 363 g/mol. The second-order valence-electron chi connectivity index (χ2n) is 6.46. The van der Waals surface area contributed by atoms with Crippen LogP contribution in [-0.4, -0.2) is 22.3 Å². The van der Waals surface area contributed by atoms with E-state index < -0.39 is 0 Å². The van der Waals surface area contributed by atoms with E-state index in [2.05, 4.69) is 29.5 Å². The first-order valence-corrected chi connectivity index (χ1v) is 9.23. The molecular formula is C22H25N3O2. The third-order valence-electron chi connectivity index (χ3n) is 4.37. The lowest BCUT2D eigenvalue weighted by molar-refractivity contribution is 0.0950. The predicted molar refractivity (Wildman–Crippen MR) is 106 cm³/mol. The lowest BCUT2D eigenvalue weighted by Crippen LogP contribution is -2.23. The van der Waals surface area contributed by atoms with Gasteiger partial charge in [0.05, 0.1) is 24.9 Å². The lowest BCUT2D eigenvalue weighted by Gasteiger charge is -2.08. The second-order valence-corrected chi connectivity index (χ2v) is 6.46. The first-order chi connectivity index (χ1) is 13.2. The molecule has 140 valence electrons. The zero-order valence-electron chi connectivity index (χ0n) is 15.8. The Labute approximate surface area is 160 Å². The summed E-state index contributed by atoms with van der Waals surface area (Å²) in [5, 5.41) is 7.33. The Morgan fingerprint density at radius 2 is 1.81 bits per heavy atom. The van der Waals surface area contributed by atoms with E-state index >= 15 is 0 Å². The number of carbonyl (C=O) groups excluding carboxylic acids is 1. The van der Waals surface area contributed by atoms with Crippen molar-refractivity contribution in [2.24, 2.45) is 0 Å². The van der Waals surface area contributed by atoms with Gasteiger partial charge in [0, 0.05) is 12.2 Å². The molecule has 3 rings (SSSR count). The van der Waals surface area contributed by atoms with Crippen molar-refractivity contribution >= 4 is 5.91 Å². The van der Waals surface area contributed by atoms with Gasteiger partial charge in [-0.2, -0.15) is 5.10 Å². The van der Waals surface area contributed by atoms with Crippen LogP contribution >= 0.6 is 0 Å². The normalized spacial score (nSPS) is 10.6. The van der Waals surface area contributed by atoms with E-state index in [4.69, 9.17) is 4.74 Å². The van der Waals surface area contributed by atoms with Crippen LogP contribution in [0, 0.1) is 6.92 Å². The van der Waals surface area contributed by atoms with E-state index in [9.17, 15) is 4.79 Å². The summed E-state index contributed by atoms with van der Waals surface area (Å²) >= 11 is 0. The minimum Gasteiger partial charge on any atom is -0.494 e. The fourth-order valence-electron chi connectivity index (χ4n) is 2.79. The molecule has 0 spiro atoms. The van der Waals surface area contributed by atoms with Gasteiger partial charge in [-0.1, -0.05) is 49.4 Å². The van der Waals surface area contributed by atoms with Gasteiger partial charge in [0.15, 0.2) is 0 Å². The standard InChI is InChI=1S/C22H25N3O2/c1-3-13-27-20-11-9-18(10-12-20)14-23-22(26)21-15-24-25(17(21)2)16-19-7-5-4-6-8-19/h4-12,15H,3,13-14,16H2,1-2H3,(H,23,26). The summed E-state index contributed by atoms with van der Waals surface area (Å²) in [6, 6.07) is 17.9. The van der Waals surface area contributed by atoms with E-state index in [0.717, 1.165) is 29.0 Å². The van der Waals surface area contributed by atoms with Crippen LogP contribution in [-0.2, 0) is 13.1 Å². The number of hydrogen-bond donors (Lipinski definition) is 1. The molecule has 1 N–H and O–H groups in total. The van der Waals surface area contributed by atoms with Gasteiger partial charge in [0.1, 0.15) is 5.75 Å². The van der Waals surface area contributed by atoms with Crippen molar-refractivity contribution in [3.63, 3.8) is 0 Å². The number of rotatable bonds is 8. The molecule has 0 aliphatic heterocycles. The summed E-state index contributed by atoms with van der Waals surface area (Å²) in [6.07, 6.45) is 2.62. The van der Waals surface area contributed by atoms with Gasteiger partial charge in [0.25, 0.3) is 5.91 Å². The summed E-state index contributed by atoms with van der Waals surface area (Å²) in [7, 11) is 0. The molecule has 0 aliphatic carbocycles. The van der Waals surface area contributed by atoms with Crippen molar-refractivity contribution in [1.29, 1.82) is 0 Å². The fraction of sp³-hybridized carbons (Fsp3) is 0.273. The molecule has 0 fully saturated rings. The Hall–Kier alpha value is -3.08. The number of nitrogens with one attached hydrogen (secondary N) is 1. The number of amides is 1. The van der Waals surface area contributed by atoms with Gasteiger partial charge in [-0.3, -0.25) is 9.48 Å². The van der Waals surface area contributed by atoms with E-state index in [1.165, 1.54) is 0 Å². The second kappa shape index (κ2) is 9.03. The highest BCUT2D eigenvalue weighted by molar-refractivity contribution is 5.95. The van der Waals surface area contributed by atoms with Crippen molar-refractivity contribution < 1.29 is 9.53 Å². The molecule has 0 unspecified atom stereocenters. The van der Waals surface area contributed by atoms with Crippen LogP contribution in [0.3, 0.4) is 0 Å². The maximum atomic E-state index is 12.5. The summed E-state index contributed by atoms with van der Waals surface area (Å²) in [6.45, 7) is 5.83. The third kappa shape index (κ3) is 4.97. The predicted octanol–water partition coefficient (Wildman–Crippen LogP) is 3.96. The van der Waals surface area contributed by atoms with Crippen molar-refractivity contribution in [1.82, 2.24) is 15.1 Å². The van der Waals surface area contributed by atoms with Gasteiger partial charge in [-0.05, 0) is 36.6 Å². The molecule has 0 bridgehead atoms. The average Bonchev–Trinajstić information content (AvgIpc) is 3.06. The van der Waals surface area contributed by atoms with Gasteiger partial charge in [-0.15, -0.1) is 0 Å². The number of benzene rings is 2. The number of carbonyl (C=O) groups is 1. The van der Waals surface area contributed by atoms with Crippen molar-refractivity contribution in [3.8, 4) is 5.75 Å². The third-order valence-corrected chi connectivity index (χ3v) is 4.37. The highest BCUT2D eigenvalue weighted by Crippen LogP contribution is 2.13. The number of ether oxygens (including phenoxy) is 1. The zero-order valence-corrected chi connectivity index (χ0v) is 15.8. The maximum absolute atomic E-state index is 12.5. The Morgan fingerprint density at radius 3 is 2.52 bits per heavy atom. The van der Waals surface area contributed by atoms with E-state index in [1.54, 1.807) is 6.20 Å². The molecule has 27 heavy (non-hydrogen) atoms. The van der Waals surface area contributed by atoms with Crippen LogP contribution in [0.5, 0.6) is 5.75 Å². The fourth-order valence-corrected chi connectivity index (χ4v) is 2.79. The molecule has 5 heteroatoms. The first kappa shape index (κ1) is 18.7. The molecule has 5 nitrogen and oxygen atoms in total. The van der Waals surface area contributed by atoms with Crippen LogP contribution in [0.4, 0.5) is 0 Å². The molecule has 3 aromatic rings. The minimum absolute atomic E-state index is 0.113. The van der Waals surface area contributed by atoms with Crippen LogP contribution in [0.15, 0.2) is 60.8 Å². The Balaban J connectivity index is 1.58. The Morgan fingerprint density at radius 1 is 1.07 bits per heavy atom. The minimum atomic E-state index is -0.113. The zero-order chi connectivity index (χ0) is 19.1. The van der Waals surface area contributed by atoms with Gasteiger partial charge < -0.3 is 10.1 Å². The van der Waals surface area contributed by atoms with E-state index in [1.807, 2.05) is 54.1 Å². The number of hydrogen-bond acceptors (Lipinski definition) is 3. The molecule has 0 aliphatic rings. The monoisotopic (exact) mass is 363 g/mol. The van der Waals surface area contributed by atoms with E-state index in [-0.39, 0.29) is 5.91 Å². The van der Waals surface area contributed by atoms with Crippen LogP contribution in [0.1, 0.15) is 40.5 Å². The summed E-state index contributed by atoms with van der Waals surface area (Å²) in [5.74, 6) is 0.739. The maximum Gasteiger partial charge on any atom is 0.255 e. The van der Waals surface area contributed by atoms with E-state index in [0.29, 0.717) is 25.3 Å². The summed E-state index contributed by atoms with van der Waals surface area (Å²) in [4.78, 5) is 12.5. The van der Waals surface area contributed by atoms with Gasteiger partial charge in [-0.25, -0.2) is 0 Å². The molecule has 1 amide bonds. The van der Waals surface area contributed by atoms with Crippen molar-refractivity contribution in [2.45, 2.75) is 33.4 Å². The lowest BCUT2D eigenvalue weighted by atomic mass is 10.2. The molecule has 2 aromatic carbocycles. The van der Waals surface area contributed by atoms with Crippen LogP contribution < -0.4 is 10.1 Å². The van der Waals surface area contributed by atoms with Crippen LogP contribution in [0.2, 0.25) is 0 Å². The summed E-state index contributed by atoms with van der Waals surface area (Å²) in [5.41, 5.74) is 3.65. The van der Waals surface area contributed by atoms with Crippen molar-refractivity contribution in [2.75, 3.05) is 6.61 Å². The highest BCUT2D eigenvalue weighted by Gasteiger charge is 2.14.